The second kappa shape index (κ2) is 5.46. The minimum atomic E-state index is 0.717. The zero-order chi connectivity index (χ0) is 13.9. The van der Waals surface area contributed by atoms with Crippen LogP contribution in [0.1, 0.15) is 12.6 Å². The van der Waals surface area contributed by atoms with Gasteiger partial charge in [-0.2, -0.15) is 0 Å². The van der Waals surface area contributed by atoms with Crippen LogP contribution in [0.5, 0.6) is 0 Å². The molecule has 0 radical (unpaired) electrons. The molecule has 0 spiro atoms. The molecular weight excluding hydrogens is 272 g/mol. The lowest BCUT2D eigenvalue weighted by Crippen LogP contribution is -2.19. The lowest BCUT2D eigenvalue weighted by Gasteiger charge is -2.18. The van der Waals surface area contributed by atoms with Crippen molar-refractivity contribution in [3.8, 4) is 0 Å². The van der Waals surface area contributed by atoms with Crippen LogP contribution in [0, 0.1) is 0 Å². The van der Waals surface area contributed by atoms with Crippen molar-refractivity contribution in [2.75, 3.05) is 23.8 Å². The number of nitrogens with zero attached hydrogens (tertiary/aromatic N) is 5. The number of thiazole rings is 1. The summed E-state index contributed by atoms with van der Waals surface area (Å²) < 4.78 is 1.98. The number of aromatic nitrogens is 4. The van der Waals surface area contributed by atoms with Crippen LogP contribution in [0.3, 0.4) is 0 Å². The highest BCUT2D eigenvalue weighted by Crippen LogP contribution is 2.21. The molecule has 0 unspecified atom stereocenters. The van der Waals surface area contributed by atoms with Gasteiger partial charge in [-0.15, -0.1) is 11.3 Å². The van der Waals surface area contributed by atoms with Crippen LogP contribution in [0.25, 0.3) is 5.65 Å². The second-order valence-corrected chi connectivity index (χ2v) is 5.19. The molecule has 3 aromatic heterocycles. The number of imidazole rings is 1. The summed E-state index contributed by atoms with van der Waals surface area (Å²) in [7, 11) is 2.01. The highest BCUT2D eigenvalue weighted by atomic mass is 32.1. The third-order valence-electron chi connectivity index (χ3n) is 2.96. The average Bonchev–Trinajstić information content (AvgIpc) is 3.08. The van der Waals surface area contributed by atoms with Gasteiger partial charge >= 0.3 is 0 Å². The summed E-state index contributed by atoms with van der Waals surface area (Å²) in [5.74, 6) is 1.69. The van der Waals surface area contributed by atoms with Gasteiger partial charge in [-0.25, -0.2) is 15.0 Å². The van der Waals surface area contributed by atoms with Crippen molar-refractivity contribution in [1.82, 2.24) is 19.4 Å². The third kappa shape index (κ3) is 2.44. The van der Waals surface area contributed by atoms with Gasteiger partial charge in [0.2, 0.25) is 0 Å². The SMILES string of the molecule is CCNc1cn2ccnc2c(N(C)Cc2cscn2)n1. The summed E-state index contributed by atoms with van der Waals surface area (Å²) >= 11 is 1.60. The van der Waals surface area contributed by atoms with Crippen LogP contribution in [0.2, 0.25) is 0 Å². The maximum absolute atomic E-state index is 4.65. The Balaban J connectivity index is 1.97. The number of rotatable bonds is 5. The minimum Gasteiger partial charge on any atom is -0.369 e. The van der Waals surface area contributed by atoms with Crippen molar-refractivity contribution >= 4 is 28.6 Å². The zero-order valence-electron chi connectivity index (χ0n) is 11.4. The van der Waals surface area contributed by atoms with Crippen LogP contribution in [-0.4, -0.2) is 32.9 Å². The Morgan fingerprint density at radius 3 is 3.05 bits per heavy atom. The summed E-state index contributed by atoms with van der Waals surface area (Å²) in [6.45, 7) is 3.61. The fraction of sp³-hybridized carbons (Fsp3) is 0.308. The van der Waals surface area contributed by atoms with E-state index in [0.29, 0.717) is 6.54 Å². The topological polar surface area (TPSA) is 58.4 Å². The van der Waals surface area contributed by atoms with Crippen LogP contribution >= 0.6 is 11.3 Å². The monoisotopic (exact) mass is 288 g/mol. The summed E-state index contributed by atoms with van der Waals surface area (Å²) in [6.07, 6.45) is 5.66. The van der Waals surface area contributed by atoms with E-state index in [1.54, 1.807) is 17.5 Å². The van der Waals surface area contributed by atoms with Gasteiger partial charge < -0.3 is 14.6 Å². The zero-order valence-corrected chi connectivity index (χ0v) is 12.3. The lowest BCUT2D eigenvalue weighted by atomic mass is 10.4. The molecule has 20 heavy (non-hydrogen) atoms. The first kappa shape index (κ1) is 12.9. The van der Waals surface area contributed by atoms with Crippen molar-refractivity contribution in [2.45, 2.75) is 13.5 Å². The van der Waals surface area contributed by atoms with Crippen molar-refractivity contribution in [2.24, 2.45) is 0 Å². The first-order valence-electron chi connectivity index (χ1n) is 6.43. The molecule has 0 bridgehead atoms. The van der Waals surface area contributed by atoms with Gasteiger partial charge in [-0.05, 0) is 6.92 Å². The van der Waals surface area contributed by atoms with E-state index < -0.39 is 0 Å². The molecule has 1 N–H and O–H groups in total. The Labute approximate surface area is 121 Å². The van der Waals surface area contributed by atoms with E-state index in [2.05, 4.69) is 32.1 Å². The molecule has 0 aliphatic rings. The van der Waals surface area contributed by atoms with E-state index in [-0.39, 0.29) is 0 Å². The second-order valence-electron chi connectivity index (χ2n) is 4.47. The van der Waals surface area contributed by atoms with Crippen LogP contribution < -0.4 is 10.2 Å². The fourth-order valence-electron chi connectivity index (χ4n) is 2.07. The molecule has 0 fully saturated rings. The first-order valence-corrected chi connectivity index (χ1v) is 7.38. The Kier molecular flexibility index (Phi) is 3.51. The molecule has 0 atom stereocenters. The molecule has 0 saturated heterocycles. The third-order valence-corrected chi connectivity index (χ3v) is 3.59. The minimum absolute atomic E-state index is 0.717. The van der Waals surface area contributed by atoms with Gasteiger partial charge in [0.25, 0.3) is 0 Å². The van der Waals surface area contributed by atoms with Crippen LogP contribution in [0.4, 0.5) is 11.6 Å². The molecule has 3 heterocycles. The molecule has 0 aromatic carbocycles. The largest absolute Gasteiger partial charge is 0.369 e. The van der Waals surface area contributed by atoms with E-state index in [9.17, 15) is 0 Å². The highest BCUT2D eigenvalue weighted by Gasteiger charge is 2.12. The Bertz CT molecular complexity index is 690. The predicted octanol–water partition coefficient (Wildman–Crippen LogP) is 2.25. The maximum Gasteiger partial charge on any atom is 0.180 e. The van der Waals surface area contributed by atoms with Crippen LogP contribution in [-0.2, 0) is 6.54 Å². The standard InChI is InChI=1S/C13H16N6S/c1-3-14-11-7-19-5-4-15-12(19)13(17-11)18(2)6-10-8-20-9-16-10/h4-5,7-9,14H,3,6H2,1-2H3. The number of nitrogens with one attached hydrogen (secondary N) is 1. The molecule has 7 heteroatoms. The highest BCUT2D eigenvalue weighted by molar-refractivity contribution is 7.07. The van der Waals surface area contributed by atoms with Gasteiger partial charge in [0, 0.05) is 31.4 Å². The fourth-order valence-corrected chi connectivity index (χ4v) is 2.62. The molecule has 3 rings (SSSR count). The molecule has 104 valence electrons. The predicted molar refractivity (Wildman–Crippen MR) is 81.4 cm³/mol. The summed E-state index contributed by atoms with van der Waals surface area (Å²) in [6, 6.07) is 0. The van der Waals surface area contributed by atoms with Crippen molar-refractivity contribution in [3.63, 3.8) is 0 Å². The molecule has 6 nitrogen and oxygen atoms in total. The average molecular weight is 288 g/mol. The summed E-state index contributed by atoms with van der Waals surface area (Å²) in [5, 5.41) is 5.29. The van der Waals surface area contributed by atoms with Gasteiger partial charge in [0.05, 0.1) is 23.9 Å². The van der Waals surface area contributed by atoms with Crippen molar-refractivity contribution in [3.05, 3.63) is 35.2 Å². The number of hydrogen-bond donors (Lipinski definition) is 1. The lowest BCUT2D eigenvalue weighted by molar-refractivity contribution is 0.869. The van der Waals surface area contributed by atoms with E-state index in [0.717, 1.165) is 29.5 Å². The molecule has 0 saturated carbocycles. The van der Waals surface area contributed by atoms with Gasteiger partial charge in [-0.1, -0.05) is 0 Å². The van der Waals surface area contributed by atoms with Gasteiger partial charge in [0.15, 0.2) is 11.5 Å². The molecule has 0 aliphatic heterocycles. The van der Waals surface area contributed by atoms with Crippen molar-refractivity contribution in [1.29, 1.82) is 0 Å². The summed E-state index contributed by atoms with van der Waals surface area (Å²) in [5.41, 5.74) is 3.73. The quantitative estimate of drug-likeness (QED) is 0.780. The number of anilines is 2. The Morgan fingerprint density at radius 1 is 1.40 bits per heavy atom. The van der Waals surface area contributed by atoms with E-state index in [1.165, 1.54) is 0 Å². The van der Waals surface area contributed by atoms with Crippen LogP contribution in [0.15, 0.2) is 29.5 Å². The van der Waals surface area contributed by atoms with E-state index >= 15 is 0 Å². The first-order chi connectivity index (χ1) is 9.78. The number of hydrogen-bond acceptors (Lipinski definition) is 6. The normalized spacial score (nSPS) is 10.9. The molecular formula is C13H16N6S. The van der Waals surface area contributed by atoms with Crippen molar-refractivity contribution < 1.29 is 0 Å². The number of fused-ring (bicyclic) bond motifs is 1. The summed E-state index contributed by atoms with van der Waals surface area (Å²) in [4.78, 5) is 15.4. The Hall–Kier alpha value is -2.15. The van der Waals surface area contributed by atoms with Gasteiger partial charge in [-0.3, -0.25) is 0 Å². The van der Waals surface area contributed by atoms with E-state index in [1.807, 2.05) is 34.7 Å². The van der Waals surface area contributed by atoms with Gasteiger partial charge in [0.1, 0.15) is 5.82 Å². The Morgan fingerprint density at radius 2 is 2.30 bits per heavy atom. The maximum atomic E-state index is 4.65. The smallest absolute Gasteiger partial charge is 0.180 e. The molecule has 0 amide bonds. The van der Waals surface area contributed by atoms with E-state index in [4.69, 9.17) is 0 Å². The molecule has 3 aromatic rings. The molecule has 0 aliphatic carbocycles.